The van der Waals surface area contributed by atoms with Crippen LogP contribution >= 0.6 is 0 Å². The fourth-order valence-corrected chi connectivity index (χ4v) is 6.68. The summed E-state index contributed by atoms with van der Waals surface area (Å²) in [6.45, 7) is 22.6. The summed E-state index contributed by atoms with van der Waals surface area (Å²) in [7, 11) is 0. The summed E-state index contributed by atoms with van der Waals surface area (Å²) in [5.74, 6) is -0.0165. The van der Waals surface area contributed by atoms with Crippen LogP contribution in [-0.4, -0.2) is 64.7 Å². The molecule has 0 aromatic heterocycles. The van der Waals surface area contributed by atoms with Crippen LogP contribution in [0.25, 0.3) is 0 Å². The van der Waals surface area contributed by atoms with Crippen molar-refractivity contribution in [1.82, 2.24) is 5.32 Å². The maximum atomic E-state index is 5.88. The van der Waals surface area contributed by atoms with Crippen molar-refractivity contribution in [3.8, 4) is 0 Å². The molecule has 0 spiro atoms. The quantitative estimate of drug-likeness (QED) is 0.0537. The van der Waals surface area contributed by atoms with E-state index in [2.05, 4.69) is 19.2 Å². The van der Waals surface area contributed by atoms with E-state index in [0.717, 1.165) is 50.6 Å². The molecule has 7 nitrogen and oxygen atoms in total. The molecule has 0 saturated heterocycles. The molecule has 0 bridgehead atoms. The van der Waals surface area contributed by atoms with E-state index < -0.39 is 11.9 Å². The summed E-state index contributed by atoms with van der Waals surface area (Å²) in [6, 6.07) is 0. The van der Waals surface area contributed by atoms with E-state index in [1.807, 2.05) is 41.5 Å². The number of nitrogens with one attached hydrogen (secondary N) is 1. The van der Waals surface area contributed by atoms with Gasteiger partial charge in [0.05, 0.1) is 0 Å². The van der Waals surface area contributed by atoms with Crippen LogP contribution < -0.4 is 5.32 Å². The molecule has 0 aromatic carbocycles. The van der Waals surface area contributed by atoms with Crippen molar-refractivity contribution >= 4 is 0 Å². The smallest absolute Gasteiger partial charge is 0.282 e. The molecule has 0 radical (unpaired) electrons. The Morgan fingerprint density at radius 3 is 0.978 bits per heavy atom. The van der Waals surface area contributed by atoms with Gasteiger partial charge in [0.2, 0.25) is 0 Å². The lowest BCUT2D eigenvalue weighted by molar-refractivity contribution is -0.380. The lowest BCUT2D eigenvalue weighted by Crippen LogP contribution is -2.39. The molecule has 0 aliphatic rings. The first-order valence-electron chi connectivity index (χ1n) is 19.5. The van der Waals surface area contributed by atoms with E-state index in [9.17, 15) is 0 Å². The van der Waals surface area contributed by atoms with Crippen molar-refractivity contribution in [2.45, 2.75) is 183 Å². The van der Waals surface area contributed by atoms with Gasteiger partial charge in [-0.25, -0.2) is 0 Å². The maximum absolute atomic E-state index is 5.88. The van der Waals surface area contributed by atoms with Crippen LogP contribution in [-0.2, 0) is 28.4 Å². The average molecular weight is 646 g/mol. The summed E-state index contributed by atoms with van der Waals surface area (Å²) >= 11 is 0. The summed E-state index contributed by atoms with van der Waals surface area (Å²) in [5.41, 5.74) is 0. The van der Waals surface area contributed by atoms with E-state index in [1.54, 1.807) is 0 Å². The second-order valence-corrected chi connectivity index (χ2v) is 12.5. The monoisotopic (exact) mass is 646 g/mol. The van der Waals surface area contributed by atoms with Crippen LogP contribution in [0.3, 0.4) is 0 Å². The molecule has 272 valence electrons. The molecule has 0 aromatic rings. The second-order valence-electron chi connectivity index (χ2n) is 12.5. The zero-order chi connectivity index (χ0) is 33.5. The van der Waals surface area contributed by atoms with Crippen molar-refractivity contribution in [1.29, 1.82) is 0 Å². The average Bonchev–Trinajstić information content (AvgIpc) is 3.01. The molecular weight excluding hydrogens is 566 g/mol. The summed E-state index contributed by atoms with van der Waals surface area (Å²) < 4.78 is 35.3. The first-order chi connectivity index (χ1) is 21.9. The number of unbranched alkanes of at least 4 members (excludes halogenated alkanes) is 6. The Kier molecular flexibility index (Phi) is 30.8. The normalized spacial score (nSPS) is 13.9. The number of ether oxygens (including phenoxy) is 6. The third-order valence-corrected chi connectivity index (χ3v) is 8.73. The minimum Gasteiger partial charge on any atom is -0.328 e. The molecule has 0 aliphatic heterocycles. The first-order valence-corrected chi connectivity index (χ1v) is 19.5. The van der Waals surface area contributed by atoms with Crippen molar-refractivity contribution < 1.29 is 28.4 Å². The molecular formula is C38H79NO6. The Morgan fingerprint density at radius 2 is 0.689 bits per heavy atom. The van der Waals surface area contributed by atoms with Crippen LogP contribution in [0, 0.1) is 11.8 Å². The summed E-state index contributed by atoms with van der Waals surface area (Å²) in [4.78, 5) is 0. The lowest BCUT2D eigenvalue weighted by atomic mass is 9.92. The van der Waals surface area contributed by atoms with Gasteiger partial charge in [0.25, 0.3) is 11.9 Å². The zero-order valence-corrected chi connectivity index (χ0v) is 31.5. The topological polar surface area (TPSA) is 67.4 Å². The number of rotatable bonds is 36. The van der Waals surface area contributed by atoms with Crippen LogP contribution in [0.1, 0.15) is 171 Å². The lowest BCUT2D eigenvalue weighted by Gasteiger charge is -2.32. The SMILES string of the molecule is CCCC(CCCCCCC(OCC)(OCC)OCC)CCNCCC(CCC)CCCCCCC(OCC)(OCC)OCC. The molecule has 0 aliphatic carbocycles. The fraction of sp³-hybridized carbons (Fsp3) is 1.00. The highest BCUT2D eigenvalue weighted by atomic mass is 16.9. The number of hydrogen-bond donors (Lipinski definition) is 1. The maximum Gasteiger partial charge on any atom is 0.282 e. The van der Waals surface area contributed by atoms with Gasteiger partial charge in [-0.15, -0.1) is 0 Å². The second kappa shape index (κ2) is 31.0. The molecule has 7 heteroatoms. The van der Waals surface area contributed by atoms with E-state index in [-0.39, 0.29) is 0 Å². The molecule has 2 unspecified atom stereocenters. The van der Waals surface area contributed by atoms with E-state index >= 15 is 0 Å². The molecule has 0 rings (SSSR count). The Morgan fingerprint density at radius 1 is 0.378 bits per heavy atom. The minimum atomic E-state index is -0.851. The van der Waals surface area contributed by atoms with E-state index in [4.69, 9.17) is 28.4 Å². The fourth-order valence-electron chi connectivity index (χ4n) is 6.68. The first kappa shape index (κ1) is 44.7. The van der Waals surface area contributed by atoms with Gasteiger partial charge < -0.3 is 33.7 Å². The molecule has 1 N–H and O–H groups in total. The number of hydrogen-bond acceptors (Lipinski definition) is 7. The van der Waals surface area contributed by atoms with Gasteiger partial charge in [0.1, 0.15) is 0 Å². The van der Waals surface area contributed by atoms with Gasteiger partial charge in [-0.3, -0.25) is 0 Å². The Balaban J connectivity index is 4.25. The Bertz CT molecular complexity index is 523. The minimum absolute atomic E-state index is 0.605. The molecule has 0 fully saturated rings. The van der Waals surface area contributed by atoms with Crippen molar-refractivity contribution in [3.63, 3.8) is 0 Å². The Hall–Kier alpha value is -0.280. The third kappa shape index (κ3) is 22.8. The summed E-state index contributed by atoms with van der Waals surface area (Å²) in [5, 5.41) is 3.81. The van der Waals surface area contributed by atoms with E-state index in [0.29, 0.717) is 39.6 Å². The highest BCUT2D eigenvalue weighted by molar-refractivity contribution is 4.66. The standard InChI is InChI=1S/C38H79NO6/c1-9-25-35(27-21-17-19-23-31-37(40-11-3,41-12-4)42-13-5)29-33-39-34-30-36(26-10-2)28-22-18-20-24-32-38(43-14-6,44-15-7)45-16-8/h35-36,39H,9-34H2,1-8H3. The van der Waals surface area contributed by atoms with Crippen molar-refractivity contribution in [3.05, 3.63) is 0 Å². The van der Waals surface area contributed by atoms with Gasteiger partial charge in [0.15, 0.2) is 0 Å². The highest BCUT2D eigenvalue weighted by Gasteiger charge is 2.32. The molecule has 0 heterocycles. The molecule has 45 heavy (non-hydrogen) atoms. The molecule has 0 saturated carbocycles. The third-order valence-electron chi connectivity index (χ3n) is 8.73. The van der Waals surface area contributed by atoms with Crippen LogP contribution in [0.5, 0.6) is 0 Å². The predicted molar refractivity (Wildman–Crippen MR) is 190 cm³/mol. The van der Waals surface area contributed by atoms with Gasteiger partial charge in [0, 0.05) is 52.5 Å². The van der Waals surface area contributed by atoms with Crippen LogP contribution in [0.15, 0.2) is 0 Å². The van der Waals surface area contributed by atoms with Crippen molar-refractivity contribution in [2.75, 3.05) is 52.7 Å². The van der Waals surface area contributed by atoms with E-state index in [1.165, 1.54) is 89.9 Å². The zero-order valence-electron chi connectivity index (χ0n) is 31.5. The van der Waals surface area contributed by atoms with Crippen LogP contribution in [0.4, 0.5) is 0 Å². The largest absolute Gasteiger partial charge is 0.328 e. The molecule has 2 atom stereocenters. The summed E-state index contributed by atoms with van der Waals surface area (Å²) in [6.07, 6.45) is 22.0. The predicted octanol–water partition coefficient (Wildman–Crippen LogP) is 10.4. The van der Waals surface area contributed by atoms with Crippen LogP contribution in [0.2, 0.25) is 0 Å². The highest BCUT2D eigenvalue weighted by Crippen LogP contribution is 2.27. The van der Waals surface area contributed by atoms with Gasteiger partial charge >= 0.3 is 0 Å². The van der Waals surface area contributed by atoms with Gasteiger partial charge in [-0.2, -0.15) is 0 Å². The van der Waals surface area contributed by atoms with Crippen molar-refractivity contribution in [2.24, 2.45) is 11.8 Å². The van der Waals surface area contributed by atoms with Gasteiger partial charge in [-0.1, -0.05) is 90.9 Å². The Labute approximate surface area is 280 Å². The van der Waals surface area contributed by atoms with Gasteiger partial charge in [-0.05, 0) is 92.2 Å². The molecule has 0 amide bonds.